The number of ether oxygens (including phenoxy) is 1. The van der Waals surface area contributed by atoms with E-state index >= 15 is 0 Å². The van der Waals surface area contributed by atoms with Gasteiger partial charge in [-0.1, -0.05) is 19.3 Å². The van der Waals surface area contributed by atoms with Crippen LogP contribution in [0.15, 0.2) is 0 Å². The first-order valence-electron chi connectivity index (χ1n) is 6.79. The summed E-state index contributed by atoms with van der Waals surface area (Å²) in [5.41, 5.74) is 6.06. The van der Waals surface area contributed by atoms with Crippen molar-refractivity contribution in [2.24, 2.45) is 17.6 Å². The Bertz CT molecular complexity index is 200. The quantitative estimate of drug-likeness (QED) is 0.726. The van der Waals surface area contributed by atoms with Crippen LogP contribution >= 0.6 is 0 Å². The predicted molar refractivity (Wildman–Crippen MR) is 64.1 cm³/mol. The van der Waals surface area contributed by atoms with Gasteiger partial charge >= 0.3 is 0 Å². The van der Waals surface area contributed by atoms with Crippen molar-refractivity contribution in [2.75, 3.05) is 13.2 Å². The minimum absolute atomic E-state index is 0.0496. The molecule has 94 valence electrons. The third-order valence-electron chi connectivity index (χ3n) is 4.05. The normalized spacial score (nSPS) is 26.6. The summed E-state index contributed by atoms with van der Waals surface area (Å²) in [6.45, 7) is 0.871. The van der Waals surface area contributed by atoms with Crippen molar-refractivity contribution in [1.29, 1.82) is 0 Å². The Labute approximate surface area is 98.4 Å². The molecule has 0 amide bonds. The van der Waals surface area contributed by atoms with E-state index in [2.05, 4.69) is 0 Å². The summed E-state index contributed by atoms with van der Waals surface area (Å²) in [7, 11) is 0. The Kier molecular flexibility index (Phi) is 4.62. The average molecular weight is 227 g/mol. The van der Waals surface area contributed by atoms with Crippen molar-refractivity contribution in [3.05, 3.63) is 0 Å². The van der Waals surface area contributed by atoms with Gasteiger partial charge in [0.05, 0.1) is 12.7 Å². The van der Waals surface area contributed by atoms with Crippen LogP contribution in [-0.4, -0.2) is 30.5 Å². The molecule has 0 heterocycles. The molecule has 2 fully saturated rings. The highest BCUT2D eigenvalue weighted by molar-refractivity contribution is 4.89. The van der Waals surface area contributed by atoms with Gasteiger partial charge in [-0.3, -0.25) is 0 Å². The van der Waals surface area contributed by atoms with E-state index in [9.17, 15) is 5.11 Å². The lowest BCUT2D eigenvalue weighted by atomic mass is 9.90. The van der Waals surface area contributed by atoms with Gasteiger partial charge in [0.25, 0.3) is 0 Å². The molecule has 2 unspecified atom stereocenters. The van der Waals surface area contributed by atoms with Crippen LogP contribution < -0.4 is 5.73 Å². The third kappa shape index (κ3) is 3.44. The molecule has 3 N–H and O–H groups in total. The van der Waals surface area contributed by atoms with Crippen LogP contribution in [0.1, 0.15) is 44.9 Å². The molecule has 0 aromatic rings. The van der Waals surface area contributed by atoms with Gasteiger partial charge in [0, 0.05) is 12.6 Å². The number of aliphatic hydroxyl groups is 1. The van der Waals surface area contributed by atoms with Crippen LogP contribution in [0.5, 0.6) is 0 Å². The highest BCUT2D eigenvalue weighted by Crippen LogP contribution is 2.34. The van der Waals surface area contributed by atoms with Crippen LogP contribution in [0.3, 0.4) is 0 Å². The van der Waals surface area contributed by atoms with Crippen molar-refractivity contribution in [1.82, 2.24) is 0 Å². The Morgan fingerprint density at radius 2 is 1.81 bits per heavy atom. The minimum atomic E-state index is -0.130. The van der Waals surface area contributed by atoms with Gasteiger partial charge in [-0.25, -0.2) is 0 Å². The van der Waals surface area contributed by atoms with Crippen LogP contribution in [-0.2, 0) is 4.74 Å². The molecule has 0 bridgehead atoms. The largest absolute Gasteiger partial charge is 0.394 e. The SMILES string of the molecule is NC(C1CC1)C(CO)OCC1CCCCC1. The van der Waals surface area contributed by atoms with E-state index < -0.39 is 0 Å². The zero-order valence-corrected chi connectivity index (χ0v) is 10.1. The van der Waals surface area contributed by atoms with Gasteiger partial charge in [-0.15, -0.1) is 0 Å². The number of nitrogens with two attached hydrogens (primary N) is 1. The van der Waals surface area contributed by atoms with Crippen molar-refractivity contribution >= 4 is 0 Å². The molecule has 3 heteroatoms. The molecule has 3 nitrogen and oxygen atoms in total. The first-order chi connectivity index (χ1) is 7.81. The molecular formula is C13H25NO2. The van der Waals surface area contributed by atoms with E-state index in [1.165, 1.54) is 44.9 Å². The first kappa shape index (κ1) is 12.3. The number of rotatable bonds is 6. The maximum Gasteiger partial charge on any atom is 0.0958 e. The van der Waals surface area contributed by atoms with Gasteiger partial charge < -0.3 is 15.6 Å². The average Bonchev–Trinajstić information content (AvgIpc) is 3.15. The third-order valence-corrected chi connectivity index (χ3v) is 4.05. The fourth-order valence-corrected chi connectivity index (χ4v) is 2.68. The van der Waals surface area contributed by atoms with E-state index in [0.29, 0.717) is 11.8 Å². The van der Waals surface area contributed by atoms with Crippen LogP contribution in [0, 0.1) is 11.8 Å². The van der Waals surface area contributed by atoms with Crippen molar-refractivity contribution in [3.63, 3.8) is 0 Å². The summed E-state index contributed by atoms with van der Waals surface area (Å²) in [5.74, 6) is 1.30. The Balaban J connectivity index is 1.68. The first-order valence-corrected chi connectivity index (χ1v) is 6.79. The summed E-state index contributed by atoms with van der Waals surface area (Å²) < 4.78 is 5.82. The summed E-state index contributed by atoms with van der Waals surface area (Å²) in [6, 6.07) is 0.0496. The van der Waals surface area contributed by atoms with Crippen molar-refractivity contribution in [2.45, 2.75) is 57.1 Å². The molecule has 0 saturated heterocycles. The maximum absolute atomic E-state index is 9.30. The lowest BCUT2D eigenvalue weighted by molar-refractivity contribution is -0.0269. The van der Waals surface area contributed by atoms with Crippen molar-refractivity contribution in [3.8, 4) is 0 Å². The zero-order chi connectivity index (χ0) is 11.4. The monoisotopic (exact) mass is 227 g/mol. The highest BCUT2D eigenvalue weighted by atomic mass is 16.5. The number of aliphatic hydroxyl groups excluding tert-OH is 1. The van der Waals surface area contributed by atoms with E-state index in [4.69, 9.17) is 10.5 Å². The standard InChI is InChI=1S/C13H25NO2/c14-13(11-6-7-11)12(8-15)16-9-10-4-2-1-3-5-10/h10-13,15H,1-9,14H2. The summed E-state index contributed by atoms with van der Waals surface area (Å²) in [6.07, 6.45) is 8.93. The van der Waals surface area contributed by atoms with Gasteiger partial charge in [0.1, 0.15) is 0 Å². The molecule has 2 saturated carbocycles. The summed E-state index contributed by atoms with van der Waals surface area (Å²) in [4.78, 5) is 0. The zero-order valence-electron chi connectivity index (χ0n) is 10.1. The molecule has 2 atom stereocenters. The fourth-order valence-electron chi connectivity index (χ4n) is 2.68. The lowest BCUT2D eigenvalue weighted by Gasteiger charge is -2.27. The molecule has 2 rings (SSSR count). The Morgan fingerprint density at radius 3 is 2.38 bits per heavy atom. The second-order valence-corrected chi connectivity index (χ2v) is 5.47. The molecule has 0 radical (unpaired) electrons. The second kappa shape index (κ2) is 5.99. The van der Waals surface area contributed by atoms with E-state index in [1.54, 1.807) is 0 Å². The lowest BCUT2D eigenvalue weighted by Crippen LogP contribution is -2.42. The number of hydrogen-bond acceptors (Lipinski definition) is 3. The molecule has 0 aromatic carbocycles. The molecule has 0 aromatic heterocycles. The van der Waals surface area contributed by atoms with Gasteiger partial charge in [0.15, 0.2) is 0 Å². The van der Waals surface area contributed by atoms with E-state index in [-0.39, 0.29) is 18.8 Å². The molecule has 16 heavy (non-hydrogen) atoms. The van der Waals surface area contributed by atoms with Crippen LogP contribution in [0.25, 0.3) is 0 Å². The molecule has 2 aliphatic rings. The smallest absolute Gasteiger partial charge is 0.0958 e. The van der Waals surface area contributed by atoms with Crippen LogP contribution in [0.4, 0.5) is 0 Å². The maximum atomic E-state index is 9.30. The molecule has 2 aliphatic carbocycles. The minimum Gasteiger partial charge on any atom is -0.394 e. The van der Waals surface area contributed by atoms with Crippen molar-refractivity contribution < 1.29 is 9.84 Å². The second-order valence-electron chi connectivity index (χ2n) is 5.47. The molecular weight excluding hydrogens is 202 g/mol. The number of hydrogen-bond donors (Lipinski definition) is 2. The highest BCUT2D eigenvalue weighted by Gasteiger charge is 2.34. The van der Waals surface area contributed by atoms with Gasteiger partial charge in [-0.05, 0) is 37.5 Å². The Morgan fingerprint density at radius 1 is 1.12 bits per heavy atom. The topological polar surface area (TPSA) is 55.5 Å². The summed E-state index contributed by atoms with van der Waals surface area (Å²) in [5, 5.41) is 9.30. The fraction of sp³-hybridized carbons (Fsp3) is 1.00. The van der Waals surface area contributed by atoms with Gasteiger partial charge in [0.2, 0.25) is 0 Å². The molecule has 0 aliphatic heterocycles. The van der Waals surface area contributed by atoms with Gasteiger partial charge in [-0.2, -0.15) is 0 Å². The Hall–Kier alpha value is -0.120. The summed E-state index contributed by atoms with van der Waals surface area (Å²) >= 11 is 0. The van der Waals surface area contributed by atoms with E-state index in [1.807, 2.05) is 0 Å². The molecule has 0 spiro atoms. The van der Waals surface area contributed by atoms with E-state index in [0.717, 1.165) is 6.61 Å². The predicted octanol–water partition coefficient (Wildman–Crippen LogP) is 1.68. The van der Waals surface area contributed by atoms with Crippen LogP contribution in [0.2, 0.25) is 0 Å².